The third kappa shape index (κ3) is 4.30. The summed E-state index contributed by atoms with van der Waals surface area (Å²) < 4.78 is 6.96. The summed E-state index contributed by atoms with van der Waals surface area (Å²) >= 11 is 3.65. The van der Waals surface area contributed by atoms with Gasteiger partial charge in [-0.25, -0.2) is 0 Å². The lowest BCUT2D eigenvalue weighted by Gasteiger charge is -2.24. The van der Waals surface area contributed by atoms with E-state index in [-0.39, 0.29) is 0 Å². The monoisotopic (exact) mass is 325 g/mol. The standard InChI is InChI=1S/C16H24BrNO/c1-3-8-18-16(14-9-12(2)19-11-14)10-13-6-4-5-7-15(13)17/h4-7,12,14,16,18H,3,8-11H2,1-2H3. The minimum absolute atomic E-state index is 0.412. The van der Waals surface area contributed by atoms with Crippen molar-refractivity contribution in [2.75, 3.05) is 13.2 Å². The minimum atomic E-state index is 0.412. The molecular formula is C16H24BrNO. The number of benzene rings is 1. The molecule has 3 heteroatoms. The van der Waals surface area contributed by atoms with Crippen LogP contribution >= 0.6 is 15.9 Å². The van der Waals surface area contributed by atoms with Crippen molar-refractivity contribution in [2.24, 2.45) is 5.92 Å². The van der Waals surface area contributed by atoms with Gasteiger partial charge in [0.2, 0.25) is 0 Å². The van der Waals surface area contributed by atoms with Gasteiger partial charge in [-0.05, 0) is 44.4 Å². The number of ether oxygens (including phenoxy) is 1. The smallest absolute Gasteiger partial charge is 0.0551 e. The molecule has 0 amide bonds. The fourth-order valence-corrected chi connectivity index (χ4v) is 3.21. The van der Waals surface area contributed by atoms with Gasteiger partial charge in [0.05, 0.1) is 12.7 Å². The fourth-order valence-electron chi connectivity index (χ4n) is 2.77. The molecule has 0 aromatic heterocycles. The second kappa shape index (κ2) is 7.41. The normalized spacial score (nSPS) is 24.6. The minimum Gasteiger partial charge on any atom is -0.378 e. The molecule has 2 nitrogen and oxygen atoms in total. The quantitative estimate of drug-likeness (QED) is 0.859. The number of hydrogen-bond donors (Lipinski definition) is 1. The van der Waals surface area contributed by atoms with Crippen LogP contribution in [0.3, 0.4) is 0 Å². The van der Waals surface area contributed by atoms with Crippen LogP contribution in [0.15, 0.2) is 28.7 Å². The summed E-state index contributed by atoms with van der Waals surface area (Å²) in [5.41, 5.74) is 1.38. The topological polar surface area (TPSA) is 21.3 Å². The predicted octanol–water partition coefficient (Wildman–Crippen LogP) is 3.78. The molecule has 1 saturated heterocycles. The van der Waals surface area contributed by atoms with E-state index in [1.54, 1.807) is 0 Å². The molecule has 0 radical (unpaired) electrons. The predicted molar refractivity (Wildman–Crippen MR) is 83.4 cm³/mol. The van der Waals surface area contributed by atoms with Gasteiger partial charge < -0.3 is 10.1 Å². The fraction of sp³-hybridized carbons (Fsp3) is 0.625. The molecule has 1 aliphatic heterocycles. The van der Waals surface area contributed by atoms with Crippen LogP contribution in [0, 0.1) is 5.92 Å². The van der Waals surface area contributed by atoms with Gasteiger partial charge in [-0.3, -0.25) is 0 Å². The largest absolute Gasteiger partial charge is 0.378 e. The van der Waals surface area contributed by atoms with Gasteiger partial charge in [-0.15, -0.1) is 0 Å². The van der Waals surface area contributed by atoms with Crippen molar-refractivity contribution in [2.45, 2.75) is 45.3 Å². The van der Waals surface area contributed by atoms with Gasteiger partial charge in [-0.2, -0.15) is 0 Å². The average Bonchev–Trinajstić information content (AvgIpc) is 2.83. The third-order valence-corrected chi connectivity index (χ3v) is 4.63. The third-order valence-electron chi connectivity index (χ3n) is 3.85. The summed E-state index contributed by atoms with van der Waals surface area (Å²) in [5, 5.41) is 3.71. The summed E-state index contributed by atoms with van der Waals surface area (Å²) in [7, 11) is 0. The lowest BCUT2D eigenvalue weighted by Crippen LogP contribution is -2.39. The highest BCUT2D eigenvalue weighted by Crippen LogP contribution is 2.26. The first-order valence-electron chi connectivity index (χ1n) is 7.29. The molecule has 3 atom stereocenters. The molecule has 3 unspecified atom stereocenters. The molecule has 0 spiro atoms. The van der Waals surface area contributed by atoms with Crippen molar-refractivity contribution in [3.8, 4) is 0 Å². The van der Waals surface area contributed by atoms with Crippen molar-refractivity contribution in [3.05, 3.63) is 34.3 Å². The van der Waals surface area contributed by atoms with E-state index in [0.29, 0.717) is 18.1 Å². The van der Waals surface area contributed by atoms with Crippen LogP contribution in [-0.4, -0.2) is 25.3 Å². The maximum atomic E-state index is 5.74. The Morgan fingerprint density at radius 3 is 2.84 bits per heavy atom. The maximum Gasteiger partial charge on any atom is 0.0551 e. The Labute approximate surface area is 125 Å². The van der Waals surface area contributed by atoms with Crippen molar-refractivity contribution in [1.82, 2.24) is 5.32 Å². The molecule has 0 aliphatic carbocycles. The van der Waals surface area contributed by atoms with E-state index < -0.39 is 0 Å². The van der Waals surface area contributed by atoms with Crippen LogP contribution in [0.1, 0.15) is 32.3 Å². The van der Waals surface area contributed by atoms with E-state index >= 15 is 0 Å². The average molecular weight is 326 g/mol. The number of halogens is 1. The van der Waals surface area contributed by atoms with Gasteiger partial charge in [-0.1, -0.05) is 41.1 Å². The molecule has 19 heavy (non-hydrogen) atoms. The van der Waals surface area contributed by atoms with Gasteiger partial charge in [0.25, 0.3) is 0 Å². The molecule has 2 rings (SSSR count). The zero-order valence-electron chi connectivity index (χ0n) is 11.9. The van der Waals surface area contributed by atoms with Crippen molar-refractivity contribution in [1.29, 1.82) is 0 Å². The van der Waals surface area contributed by atoms with Gasteiger partial charge in [0.15, 0.2) is 0 Å². The van der Waals surface area contributed by atoms with Crippen LogP contribution < -0.4 is 5.32 Å². The Hall–Kier alpha value is -0.380. The van der Waals surface area contributed by atoms with Crippen LogP contribution in [0.5, 0.6) is 0 Å². The lowest BCUT2D eigenvalue weighted by molar-refractivity contribution is 0.117. The second-order valence-corrected chi connectivity index (χ2v) is 6.35. The zero-order chi connectivity index (χ0) is 13.7. The molecule has 1 heterocycles. The molecule has 0 bridgehead atoms. The number of nitrogens with one attached hydrogen (secondary N) is 1. The first kappa shape index (κ1) is 15.0. The lowest BCUT2D eigenvalue weighted by atomic mass is 9.91. The molecule has 1 N–H and O–H groups in total. The molecule has 106 valence electrons. The van der Waals surface area contributed by atoms with Crippen LogP contribution in [0.25, 0.3) is 0 Å². The second-order valence-electron chi connectivity index (χ2n) is 5.50. The Kier molecular flexibility index (Phi) is 5.86. The molecule has 1 aromatic carbocycles. The molecule has 1 fully saturated rings. The van der Waals surface area contributed by atoms with Gasteiger partial charge in [0, 0.05) is 16.4 Å². The highest BCUT2D eigenvalue weighted by atomic mass is 79.9. The molecule has 1 aromatic rings. The Balaban J connectivity index is 2.03. The Morgan fingerprint density at radius 2 is 2.21 bits per heavy atom. The summed E-state index contributed by atoms with van der Waals surface area (Å²) in [6, 6.07) is 9.04. The summed E-state index contributed by atoms with van der Waals surface area (Å²) in [4.78, 5) is 0. The van der Waals surface area contributed by atoms with E-state index in [2.05, 4.69) is 59.4 Å². The highest BCUT2D eigenvalue weighted by molar-refractivity contribution is 9.10. The van der Waals surface area contributed by atoms with Gasteiger partial charge >= 0.3 is 0 Å². The van der Waals surface area contributed by atoms with E-state index in [0.717, 1.165) is 19.6 Å². The number of rotatable bonds is 6. The first-order valence-corrected chi connectivity index (χ1v) is 8.08. The van der Waals surface area contributed by atoms with E-state index in [4.69, 9.17) is 4.74 Å². The zero-order valence-corrected chi connectivity index (χ0v) is 13.4. The van der Waals surface area contributed by atoms with E-state index in [9.17, 15) is 0 Å². The SMILES string of the molecule is CCCNC(Cc1ccccc1Br)C1COC(C)C1. The van der Waals surface area contributed by atoms with Crippen LogP contribution in [-0.2, 0) is 11.2 Å². The molecule has 1 aliphatic rings. The van der Waals surface area contributed by atoms with Crippen molar-refractivity contribution < 1.29 is 4.74 Å². The number of hydrogen-bond acceptors (Lipinski definition) is 2. The van der Waals surface area contributed by atoms with E-state index in [1.807, 2.05) is 0 Å². The molecular weight excluding hydrogens is 302 g/mol. The molecule has 0 saturated carbocycles. The van der Waals surface area contributed by atoms with E-state index in [1.165, 1.54) is 22.9 Å². The summed E-state index contributed by atoms with van der Waals surface area (Å²) in [5.74, 6) is 0.633. The summed E-state index contributed by atoms with van der Waals surface area (Å²) in [6.07, 6.45) is 3.83. The van der Waals surface area contributed by atoms with Crippen LogP contribution in [0.4, 0.5) is 0 Å². The first-order chi connectivity index (χ1) is 9.20. The maximum absolute atomic E-state index is 5.74. The highest BCUT2D eigenvalue weighted by Gasteiger charge is 2.29. The van der Waals surface area contributed by atoms with Crippen molar-refractivity contribution in [3.63, 3.8) is 0 Å². The van der Waals surface area contributed by atoms with Crippen molar-refractivity contribution >= 4 is 15.9 Å². The Bertz CT molecular complexity index is 396. The summed E-state index contributed by atoms with van der Waals surface area (Å²) in [6.45, 7) is 6.37. The van der Waals surface area contributed by atoms with Gasteiger partial charge in [0.1, 0.15) is 0 Å². The Morgan fingerprint density at radius 1 is 1.42 bits per heavy atom. The van der Waals surface area contributed by atoms with Crippen LogP contribution in [0.2, 0.25) is 0 Å².